The zero-order valence-electron chi connectivity index (χ0n) is 12.2. The Morgan fingerprint density at radius 3 is 2.61 bits per heavy atom. The quantitative estimate of drug-likeness (QED) is 0.935. The van der Waals surface area contributed by atoms with Crippen LogP contribution in [0.1, 0.15) is 21.6 Å². The fraction of sp³-hybridized carbons (Fsp3) is 0.267. The minimum atomic E-state index is -4.61. The maximum Gasteiger partial charge on any atom is 0.417 e. The summed E-state index contributed by atoms with van der Waals surface area (Å²) in [6, 6.07) is 7.42. The summed E-state index contributed by atoms with van der Waals surface area (Å²) in [6.45, 7) is 1.76. The molecule has 0 aliphatic carbocycles. The first-order chi connectivity index (χ1) is 10.8. The first kappa shape index (κ1) is 16.7. The molecule has 122 valence electrons. The highest BCUT2D eigenvalue weighted by atomic mass is 19.4. The number of amides is 1. The van der Waals surface area contributed by atoms with Gasteiger partial charge in [0, 0.05) is 12.6 Å². The standard InChI is InChI=1S/C15H14F3N3O2/c1-10-6-7-13(22)21(20-10)9-8-19-14(23)11-4-2-3-5-12(11)15(16,17)18/h2-7H,8-9H2,1H3,(H,19,23). The fourth-order valence-electron chi connectivity index (χ4n) is 2.01. The maximum atomic E-state index is 12.9. The molecule has 2 rings (SSSR count). The van der Waals surface area contributed by atoms with Crippen LogP contribution in [-0.2, 0) is 12.7 Å². The Morgan fingerprint density at radius 1 is 1.22 bits per heavy atom. The molecule has 2 aromatic rings. The topological polar surface area (TPSA) is 64.0 Å². The van der Waals surface area contributed by atoms with E-state index in [0.717, 1.165) is 16.8 Å². The lowest BCUT2D eigenvalue weighted by atomic mass is 10.1. The highest BCUT2D eigenvalue weighted by molar-refractivity contribution is 5.95. The highest BCUT2D eigenvalue weighted by Gasteiger charge is 2.34. The molecule has 1 amide bonds. The fourth-order valence-corrected chi connectivity index (χ4v) is 2.01. The summed E-state index contributed by atoms with van der Waals surface area (Å²) < 4.78 is 39.7. The van der Waals surface area contributed by atoms with Gasteiger partial charge < -0.3 is 5.32 Å². The van der Waals surface area contributed by atoms with Crippen molar-refractivity contribution < 1.29 is 18.0 Å². The van der Waals surface area contributed by atoms with Crippen LogP contribution in [0.2, 0.25) is 0 Å². The average molecular weight is 325 g/mol. The van der Waals surface area contributed by atoms with Crippen LogP contribution in [0.4, 0.5) is 13.2 Å². The van der Waals surface area contributed by atoms with Gasteiger partial charge in [0.1, 0.15) is 0 Å². The van der Waals surface area contributed by atoms with Crippen LogP contribution in [0.15, 0.2) is 41.2 Å². The SMILES string of the molecule is Cc1ccc(=O)n(CCNC(=O)c2ccccc2C(F)(F)F)n1. The smallest absolute Gasteiger partial charge is 0.350 e. The van der Waals surface area contributed by atoms with Crippen LogP contribution >= 0.6 is 0 Å². The van der Waals surface area contributed by atoms with Gasteiger partial charge in [0.05, 0.1) is 23.4 Å². The van der Waals surface area contributed by atoms with Crippen LogP contribution in [0.25, 0.3) is 0 Å². The summed E-state index contributed by atoms with van der Waals surface area (Å²) in [7, 11) is 0. The Hall–Kier alpha value is -2.64. The zero-order chi connectivity index (χ0) is 17.0. The number of carbonyl (C=O) groups excluding carboxylic acids is 1. The molecular weight excluding hydrogens is 311 g/mol. The molecular formula is C15H14F3N3O2. The molecule has 1 aromatic heterocycles. The predicted molar refractivity (Wildman–Crippen MR) is 77.0 cm³/mol. The lowest BCUT2D eigenvalue weighted by Gasteiger charge is -2.12. The third-order valence-electron chi connectivity index (χ3n) is 3.09. The Morgan fingerprint density at radius 2 is 1.91 bits per heavy atom. The van der Waals surface area contributed by atoms with E-state index in [1.54, 1.807) is 13.0 Å². The van der Waals surface area contributed by atoms with E-state index in [-0.39, 0.29) is 18.6 Å². The molecule has 23 heavy (non-hydrogen) atoms. The van der Waals surface area contributed by atoms with Gasteiger partial charge in [-0.05, 0) is 25.1 Å². The number of carbonyl (C=O) groups is 1. The molecule has 0 spiro atoms. The van der Waals surface area contributed by atoms with Crippen LogP contribution in [-0.4, -0.2) is 22.2 Å². The molecule has 0 atom stereocenters. The molecule has 8 heteroatoms. The zero-order valence-corrected chi connectivity index (χ0v) is 12.2. The lowest BCUT2D eigenvalue weighted by Crippen LogP contribution is -2.33. The third-order valence-corrected chi connectivity index (χ3v) is 3.09. The van der Waals surface area contributed by atoms with Crippen LogP contribution < -0.4 is 10.9 Å². The van der Waals surface area contributed by atoms with Crippen LogP contribution in [0, 0.1) is 6.92 Å². The van der Waals surface area contributed by atoms with E-state index in [1.807, 2.05) is 0 Å². The number of nitrogens with one attached hydrogen (secondary N) is 1. The van der Waals surface area contributed by atoms with Crippen LogP contribution in [0.5, 0.6) is 0 Å². The van der Waals surface area contributed by atoms with Crippen molar-refractivity contribution in [3.05, 3.63) is 63.6 Å². The monoisotopic (exact) mass is 325 g/mol. The minimum Gasteiger partial charge on any atom is -0.350 e. The number of benzene rings is 1. The molecule has 0 unspecified atom stereocenters. The van der Waals surface area contributed by atoms with E-state index in [4.69, 9.17) is 0 Å². The molecule has 0 radical (unpaired) electrons. The second-order valence-corrected chi connectivity index (χ2v) is 4.84. The molecule has 1 aromatic carbocycles. The Kier molecular flexibility index (Phi) is 4.83. The highest BCUT2D eigenvalue weighted by Crippen LogP contribution is 2.31. The van der Waals surface area contributed by atoms with E-state index >= 15 is 0 Å². The van der Waals surface area contributed by atoms with Gasteiger partial charge >= 0.3 is 6.18 Å². The number of aryl methyl sites for hydroxylation is 1. The lowest BCUT2D eigenvalue weighted by molar-refractivity contribution is -0.137. The van der Waals surface area contributed by atoms with E-state index in [0.29, 0.717) is 5.69 Å². The number of hydrogen-bond acceptors (Lipinski definition) is 3. The first-order valence-electron chi connectivity index (χ1n) is 6.78. The summed E-state index contributed by atoms with van der Waals surface area (Å²) >= 11 is 0. The molecule has 0 saturated carbocycles. The van der Waals surface area contributed by atoms with E-state index < -0.39 is 23.2 Å². The van der Waals surface area contributed by atoms with Crippen molar-refractivity contribution in [3.8, 4) is 0 Å². The van der Waals surface area contributed by atoms with Gasteiger partial charge in [0.2, 0.25) is 0 Å². The van der Waals surface area contributed by atoms with Crippen molar-refractivity contribution in [1.82, 2.24) is 15.1 Å². The second kappa shape index (κ2) is 6.64. The first-order valence-corrected chi connectivity index (χ1v) is 6.78. The van der Waals surface area contributed by atoms with E-state index in [9.17, 15) is 22.8 Å². The third kappa shape index (κ3) is 4.18. The largest absolute Gasteiger partial charge is 0.417 e. The number of halogens is 3. The van der Waals surface area contributed by atoms with E-state index in [1.165, 1.54) is 18.2 Å². The molecule has 0 saturated heterocycles. The molecule has 1 N–H and O–H groups in total. The molecule has 0 fully saturated rings. The van der Waals surface area contributed by atoms with Gasteiger partial charge in [-0.15, -0.1) is 0 Å². The second-order valence-electron chi connectivity index (χ2n) is 4.84. The summed E-state index contributed by atoms with van der Waals surface area (Å²) in [5.41, 5.74) is -1.17. The van der Waals surface area contributed by atoms with Gasteiger partial charge in [0.25, 0.3) is 11.5 Å². The average Bonchev–Trinajstić information content (AvgIpc) is 2.49. The Bertz CT molecular complexity index is 769. The number of hydrogen-bond donors (Lipinski definition) is 1. The van der Waals surface area contributed by atoms with Gasteiger partial charge in [0.15, 0.2) is 0 Å². The van der Waals surface area contributed by atoms with Crippen molar-refractivity contribution in [2.45, 2.75) is 19.6 Å². The van der Waals surface area contributed by atoms with Crippen molar-refractivity contribution in [2.75, 3.05) is 6.54 Å². The number of aromatic nitrogens is 2. The molecule has 1 heterocycles. The van der Waals surface area contributed by atoms with Crippen LogP contribution in [0.3, 0.4) is 0 Å². The maximum absolute atomic E-state index is 12.9. The Labute approximate surface area is 129 Å². The number of rotatable bonds is 4. The van der Waals surface area contributed by atoms with Gasteiger partial charge in [-0.2, -0.15) is 18.3 Å². The molecule has 0 aliphatic heterocycles. The number of alkyl halides is 3. The minimum absolute atomic E-state index is 0.0125. The predicted octanol–water partition coefficient (Wildman–Crippen LogP) is 2.00. The Balaban J connectivity index is 2.06. The molecule has 5 nitrogen and oxygen atoms in total. The van der Waals surface area contributed by atoms with Crippen molar-refractivity contribution in [2.24, 2.45) is 0 Å². The van der Waals surface area contributed by atoms with Crippen molar-refractivity contribution >= 4 is 5.91 Å². The normalized spacial score (nSPS) is 11.3. The summed E-state index contributed by atoms with van der Waals surface area (Å²) in [4.78, 5) is 23.5. The van der Waals surface area contributed by atoms with Gasteiger partial charge in [-0.1, -0.05) is 12.1 Å². The molecule has 0 aliphatic rings. The summed E-state index contributed by atoms with van der Waals surface area (Å²) in [5, 5.41) is 6.34. The molecule has 0 bridgehead atoms. The number of nitrogens with zero attached hydrogens (tertiary/aromatic N) is 2. The van der Waals surface area contributed by atoms with Crippen molar-refractivity contribution in [3.63, 3.8) is 0 Å². The van der Waals surface area contributed by atoms with Gasteiger partial charge in [-0.25, -0.2) is 4.68 Å². The summed E-state index contributed by atoms with van der Waals surface area (Å²) in [6.07, 6.45) is -4.61. The summed E-state index contributed by atoms with van der Waals surface area (Å²) in [5.74, 6) is -0.848. The van der Waals surface area contributed by atoms with Crippen molar-refractivity contribution in [1.29, 1.82) is 0 Å². The van der Waals surface area contributed by atoms with E-state index in [2.05, 4.69) is 10.4 Å². The van der Waals surface area contributed by atoms with Gasteiger partial charge in [-0.3, -0.25) is 9.59 Å².